The van der Waals surface area contributed by atoms with E-state index in [0.717, 1.165) is 15.6 Å². The Bertz CT molecular complexity index is 1510. The Hall–Kier alpha value is -4.04. The number of nitrogens with two attached hydrogens (primary N) is 1. The minimum atomic E-state index is -0.331. The quantitative estimate of drug-likeness (QED) is 0.342. The summed E-state index contributed by atoms with van der Waals surface area (Å²) in [6, 6.07) is 24.9. The predicted molar refractivity (Wildman–Crippen MR) is 134 cm³/mol. The molecule has 1 amide bonds. The first-order valence-corrected chi connectivity index (χ1v) is 11.1. The molecule has 3 aromatic carbocycles. The molecule has 0 aliphatic rings. The number of anilines is 1. The lowest BCUT2D eigenvalue weighted by molar-refractivity contribution is 0.0953. The largest absolute Gasteiger partial charge is 0.383 e. The summed E-state index contributed by atoms with van der Waals surface area (Å²) in [4.78, 5) is 22.6. The molecule has 8 heteroatoms. The van der Waals surface area contributed by atoms with E-state index in [1.807, 2.05) is 78.9 Å². The molecule has 0 saturated carbocycles. The summed E-state index contributed by atoms with van der Waals surface area (Å²) in [6.07, 6.45) is 1.67. The molecule has 2 aromatic heterocycles. The molecule has 0 fully saturated rings. The van der Waals surface area contributed by atoms with E-state index in [2.05, 4.69) is 26.3 Å². The molecule has 33 heavy (non-hydrogen) atoms. The second-order valence-corrected chi connectivity index (χ2v) is 8.34. The van der Waals surface area contributed by atoms with Crippen molar-refractivity contribution in [2.75, 3.05) is 5.73 Å². The van der Waals surface area contributed by atoms with Crippen LogP contribution in [0.2, 0.25) is 0 Å². The van der Waals surface area contributed by atoms with Gasteiger partial charge in [-0.25, -0.2) is 9.97 Å². The summed E-state index contributed by atoms with van der Waals surface area (Å²) >= 11 is 3.46. The van der Waals surface area contributed by atoms with Crippen LogP contribution in [0.5, 0.6) is 0 Å². The lowest BCUT2D eigenvalue weighted by Gasteiger charge is -2.05. The van der Waals surface area contributed by atoms with Crippen LogP contribution in [0.4, 0.5) is 5.82 Å². The molecule has 0 bridgehead atoms. The lowest BCUT2D eigenvalue weighted by Crippen LogP contribution is -2.23. The second kappa shape index (κ2) is 8.84. The van der Waals surface area contributed by atoms with E-state index in [4.69, 9.17) is 15.7 Å². The van der Waals surface area contributed by atoms with Gasteiger partial charge in [0.2, 0.25) is 0 Å². The minimum absolute atomic E-state index is 0.178. The third-order valence-corrected chi connectivity index (χ3v) is 5.66. The Labute approximate surface area is 198 Å². The van der Waals surface area contributed by atoms with Gasteiger partial charge in [0, 0.05) is 11.0 Å². The molecule has 2 heterocycles. The topological polar surface area (TPSA) is 98.2 Å². The zero-order valence-corrected chi connectivity index (χ0v) is 19.0. The Morgan fingerprint density at radius 3 is 2.48 bits per heavy atom. The van der Waals surface area contributed by atoms with Crippen molar-refractivity contribution in [2.24, 2.45) is 5.10 Å². The smallest absolute Gasteiger partial charge is 0.257 e. The number of halogens is 1. The zero-order valence-electron chi connectivity index (χ0n) is 17.4. The highest BCUT2D eigenvalue weighted by molar-refractivity contribution is 9.10. The molecule has 162 valence electrons. The Kier molecular flexibility index (Phi) is 5.58. The minimum Gasteiger partial charge on any atom is -0.383 e. The zero-order chi connectivity index (χ0) is 22.8. The van der Waals surface area contributed by atoms with E-state index in [1.54, 1.807) is 6.21 Å². The fourth-order valence-corrected chi connectivity index (χ4v) is 3.98. The van der Waals surface area contributed by atoms with Gasteiger partial charge in [-0.1, -0.05) is 70.5 Å². The van der Waals surface area contributed by atoms with Crippen molar-refractivity contribution in [3.05, 3.63) is 100 Å². The first-order chi connectivity index (χ1) is 16.1. The van der Waals surface area contributed by atoms with E-state index in [0.29, 0.717) is 28.7 Å². The van der Waals surface area contributed by atoms with Gasteiger partial charge in [0.1, 0.15) is 16.9 Å². The molecule has 0 saturated heterocycles. The summed E-state index contributed by atoms with van der Waals surface area (Å²) in [7, 11) is 0. The van der Waals surface area contributed by atoms with E-state index < -0.39 is 0 Å². The number of hydrogen-bond donors (Lipinski definition) is 2. The average molecular weight is 499 g/mol. The number of aromatic nitrogens is 3. The van der Waals surface area contributed by atoms with Gasteiger partial charge >= 0.3 is 0 Å². The summed E-state index contributed by atoms with van der Waals surface area (Å²) < 4.78 is 2.40. The van der Waals surface area contributed by atoms with Crippen molar-refractivity contribution in [1.82, 2.24) is 20.0 Å². The van der Waals surface area contributed by atoms with Gasteiger partial charge in [-0.05, 0) is 35.4 Å². The fraction of sp³-hybridized carbons (Fsp3) is 0.0400. The van der Waals surface area contributed by atoms with Crippen molar-refractivity contribution in [2.45, 2.75) is 6.54 Å². The highest BCUT2D eigenvalue weighted by Gasteiger charge is 2.24. The van der Waals surface area contributed by atoms with Crippen molar-refractivity contribution in [1.29, 1.82) is 0 Å². The molecule has 0 unspecified atom stereocenters. The van der Waals surface area contributed by atoms with E-state index in [9.17, 15) is 4.79 Å². The standard InChI is InChI=1S/C25H19BrN6O/c26-18-10-6-9-17(13-18)15-29-32-23(27)21(25(33)28-14-16-7-2-1-3-8-16)22-24(32)31-20-12-5-4-11-19(20)30-22/h1-13,15H,14,27H2,(H,28,33)/b29-15+. The average Bonchev–Trinajstić information content (AvgIpc) is 3.10. The summed E-state index contributed by atoms with van der Waals surface area (Å²) in [5.74, 6) is -0.153. The van der Waals surface area contributed by atoms with Crippen LogP contribution in [-0.2, 0) is 6.54 Å². The van der Waals surface area contributed by atoms with Crippen LogP contribution >= 0.6 is 15.9 Å². The van der Waals surface area contributed by atoms with E-state index in [1.165, 1.54) is 4.68 Å². The molecule has 0 spiro atoms. The number of para-hydroxylation sites is 2. The maximum absolute atomic E-state index is 13.2. The van der Waals surface area contributed by atoms with Gasteiger partial charge in [-0.3, -0.25) is 4.79 Å². The molecule has 0 radical (unpaired) electrons. The van der Waals surface area contributed by atoms with Crippen molar-refractivity contribution >= 4 is 56.1 Å². The van der Waals surface area contributed by atoms with E-state index >= 15 is 0 Å². The van der Waals surface area contributed by atoms with Gasteiger partial charge in [0.05, 0.1) is 17.2 Å². The normalized spacial score (nSPS) is 11.4. The van der Waals surface area contributed by atoms with Crippen LogP contribution in [-0.4, -0.2) is 26.8 Å². The lowest BCUT2D eigenvalue weighted by atomic mass is 10.2. The Morgan fingerprint density at radius 1 is 1.00 bits per heavy atom. The number of rotatable bonds is 5. The maximum Gasteiger partial charge on any atom is 0.257 e. The molecule has 7 nitrogen and oxygen atoms in total. The van der Waals surface area contributed by atoms with Crippen LogP contribution in [0.1, 0.15) is 21.5 Å². The molecule has 3 N–H and O–H groups in total. The third-order valence-electron chi connectivity index (χ3n) is 5.17. The summed E-state index contributed by atoms with van der Waals surface area (Å²) in [5.41, 5.74) is 10.7. The van der Waals surface area contributed by atoms with Crippen molar-refractivity contribution in [3.63, 3.8) is 0 Å². The van der Waals surface area contributed by atoms with Crippen LogP contribution < -0.4 is 11.1 Å². The molecule has 5 rings (SSSR count). The number of nitrogen functional groups attached to an aromatic ring is 1. The van der Waals surface area contributed by atoms with Gasteiger partial charge in [-0.2, -0.15) is 9.78 Å². The number of nitrogens with one attached hydrogen (secondary N) is 1. The van der Waals surface area contributed by atoms with Gasteiger partial charge in [-0.15, -0.1) is 0 Å². The number of fused-ring (bicyclic) bond motifs is 2. The van der Waals surface area contributed by atoms with Gasteiger partial charge < -0.3 is 11.1 Å². The van der Waals surface area contributed by atoms with Gasteiger partial charge in [0.25, 0.3) is 5.91 Å². The van der Waals surface area contributed by atoms with Crippen molar-refractivity contribution in [3.8, 4) is 0 Å². The Balaban J connectivity index is 1.61. The molecule has 0 aliphatic heterocycles. The maximum atomic E-state index is 13.2. The molecule has 0 aliphatic carbocycles. The number of hydrogen-bond acceptors (Lipinski definition) is 5. The number of amides is 1. The fourth-order valence-electron chi connectivity index (χ4n) is 3.57. The first kappa shape index (κ1) is 20.8. The summed E-state index contributed by atoms with van der Waals surface area (Å²) in [5, 5.41) is 7.47. The van der Waals surface area contributed by atoms with Gasteiger partial charge in [0.15, 0.2) is 5.65 Å². The SMILES string of the molecule is Nc1c(C(=O)NCc2ccccc2)c2nc3ccccc3nc2n1/N=C/c1cccc(Br)c1. The number of carbonyl (C=O) groups is 1. The van der Waals surface area contributed by atoms with Crippen molar-refractivity contribution < 1.29 is 4.79 Å². The first-order valence-electron chi connectivity index (χ1n) is 10.3. The van der Waals surface area contributed by atoms with Crippen LogP contribution in [0.15, 0.2) is 88.4 Å². The molecular weight excluding hydrogens is 480 g/mol. The monoisotopic (exact) mass is 498 g/mol. The molecular formula is C25H19BrN6O. The van der Waals surface area contributed by atoms with E-state index in [-0.39, 0.29) is 17.3 Å². The second-order valence-electron chi connectivity index (χ2n) is 7.42. The Morgan fingerprint density at radius 2 is 1.73 bits per heavy atom. The number of carbonyl (C=O) groups excluding carboxylic acids is 1. The van der Waals surface area contributed by atoms with Crippen LogP contribution in [0.3, 0.4) is 0 Å². The predicted octanol–water partition coefficient (Wildman–Crippen LogP) is 4.74. The molecule has 5 aromatic rings. The molecule has 0 atom stereocenters. The third kappa shape index (κ3) is 4.20. The number of benzene rings is 3. The highest BCUT2D eigenvalue weighted by Crippen LogP contribution is 2.28. The highest BCUT2D eigenvalue weighted by atomic mass is 79.9. The van der Waals surface area contributed by atoms with Crippen LogP contribution in [0.25, 0.3) is 22.2 Å². The van der Waals surface area contributed by atoms with Crippen LogP contribution in [0, 0.1) is 0 Å². The number of nitrogens with zero attached hydrogens (tertiary/aromatic N) is 4. The summed E-state index contributed by atoms with van der Waals surface area (Å²) in [6.45, 7) is 0.369.